The van der Waals surface area contributed by atoms with E-state index in [1.807, 2.05) is 54.6 Å². The molecule has 0 atom stereocenters. The van der Waals surface area contributed by atoms with Crippen molar-refractivity contribution in [2.24, 2.45) is 0 Å². The van der Waals surface area contributed by atoms with Gasteiger partial charge in [0.1, 0.15) is 11.6 Å². The van der Waals surface area contributed by atoms with E-state index in [0.717, 1.165) is 17.2 Å². The maximum Gasteiger partial charge on any atom is 0.170 e. The first-order chi connectivity index (χ1) is 15.1. The van der Waals surface area contributed by atoms with Crippen molar-refractivity contribution in [3.8, 4) is 0 Å². The van der Waals surface area contributed by atoms with Crippen LogP contribution in [0.1, 0.15) is 41.6 Å². The van der Waals surface area contributed by atoms with Gasteiger partial charge in [0.2, 0.25) is 0 Å². The number of benzene rings is 4. The van der Waals surface area contributed by atoms with Gasteiger partial charge in [-0.3, -0.25) is 14.4 Å². The molecule has 0 aromatic heterocycles. The molecule has 0 bridgehead atoms. The molecule has 0 N–H and O–H groups in total. The average molecular weight is 408 g/mol. The highest BCUT2D eigenvalue weighted by atomic mass is 16.2. The van der Waals surface area contributed by atoms with E-state index in [2.05, 4.69) is 24.3 Å². The minimum atomic E-state index is -0.312. The molecule has 154 valence electrons. The number of hydrogen-bond donors (Lipinski definition) is 0. The van der Waals surface area contributed by atoms with E-state index in [0.29, 0.717) is 18.4 Å². The van der Waals surface area contributed by atoms with Gasteiger partial charge in [0.25, 0.3) is 0 Å². The first-order valence-corrected chi connectivity index (χ1v) is 10.6. The lowest BCUT2D eigenvalue weighted by Crippen LogP contribution is -2.13. The number of carbonyl (C=O) groups excluding carboxylic acids is 3. The Hall–Kier alpha value is -3.59. The van der Waals surface area contributed by atoms with E-state index >= 15 is 0 Å². The summed E-state index contributed by atoms with van der Waals surface area (Å²) < 4.78 is 0. The van der Waals surface area contributed by atoms with E-state index in [9.17, 15) is 14.4 Å². The number of carbonyl (C=O) groups is 3. The summed E-state index contributed by atoms with van der Waals surface area (Å²) in [5.74, 6) is -0.644. The van der Waals surface area contributed by atoms with Crippen LogP contribution in [0.15, 0.2) is 84.9 Å². The number of rotatable bonds is 9. The topological polar surface area (TPSA) is 51.2 Å². The molecule has 3 nitrogen and oxygen atoms in total. The summed E-state index contributed by atoms with van der Waals surface area (Å²) in [7, 11) is 0. The molecular formula is C28H24O3. The predicted octanol–water partition coefficient (Wildman–Crippen LogP) is 6.12. The van der Waals surface area contributed by atoms with Gasteiger partial charge in [-0.2, -0.15) is 0 Å². The molecule has 0 spiro atoms. The van der Waals surface area contributed by atoms with Crippen LogP contribution in [0, 0.1) is 0 Å². The molecule has 0 aliphatic carbocycles. The second-order valence-electron chi connectivity index (χ2n) is 7.87. The maximum atomic E-state index is 12.6. The highest BCUT2D eigenvalue weighted by Crippen LogP contribution is 2.21. The van der Waals surface area contributed by atoms with E-state index in [4.69, 9.17) is 0 Å². The summed E-state index contributed by atoms with van der Waals surface area (Å²) >= 11 is 0. The molecule has 4 aromatic carbocycles. The van der Waals surface area contributed by atoms with Crippen LogP contribution in [0.3, 0.4) is 0 Å². The van der Waals surface area contributed by atoms with Crippen LogP contribution in [0.25, 0.3) is 21.5 Å². The zero-order chi connectivity index (χ0) is 21.6. The molecular weight excluding hydrogens is 384 g/mol. The molecule has 4 aromatic rings. The molecule has 0 radical (unpaired) electrons. The van der Waals surface area contributed by atoms with E-state index in [-0.39, 0.29) is 30.2 Å². The number of ketones is 3. The summed E-state index contributed by atoms with van der Waals surface area (Å²) in [6.45, 7) is 0. The molecule has 0 saturated carbocycles. The van der Waals surface area contributed by atoms with Crippen LogP contribution in [-0.2, 0) is 16.0 Å². The fourth-order valence-electron chi connectivity index (χ4n) is 4.10. The van der Waals surface area contributed by atoms with Crippen molar-refractivity contribution < 1.29 is 14.4 Å². The molecule has 0 aliphatic heterocycles. The van der Waals surface area contributed by atoms with Gasteiger partial charge in [-0.15, -0.1) is 0 Å². The number of hydrogen-bond acceptors (Lipinski definition) is 3. The van der Waals surface area contributed by atoms with E-state index in [1.165, 1.54) is 16.3 Å². The molecule has 31 heavy (non-hydrogen) atoms. The summed E-state index contributed by atoms with van der Waals surface area (Å²) in [6, 6.07) is 27.5. The Labute approximate surface area is 181 Å². The molecule has 3 heteroatoms. The largest absolute Gasteiger partial charge is 0.299 e. The molecule has 0 amide bonds. The van der Waals surface area contributed by atoms with E-state index < -0.39 is 0 Å². The lowest BCUT2D eigenvalue weighted by Gasteiger charge is -2.07. The first kappa shape index (κ1) is 20.7. The van der Waals surface area contributed by atoms with Gasteiger partial charge in [0, 0.05) is 12.0 Å². The van der Waals surface area contributed by atoms with E-state index in [1.54, 1.807) is 6.07 Å². The van der Waals surface area contributed by atoms with Gasteiger partial charge in [0.05, 0.1) is 12.8 Å². The minimum Gasteiger partial charge on any atom is -0.299 e. The van der Waals surface area contributed by atoms with Crippen LogP contribution in [0.4, 0.5) is 0 Å². The highest BCUT2D eigenvalue weighted by Gasteiger charge is 2.17. The zero-order valence-corrected chi connectivity index (χ0v) is 17.3. The lowest BCUT2D eigenvalue weighted by atomic mass is 9.96. The van der Waals surface area contributed by atoms with Gasteiger partial charge in [0.15, 0.2) is 5.78 Å². The fourth-order valence-corrected chi connectivity index (χ4v) is 4.10. The third kappa shape index (κ3) is 4.95. The predicted molar refractivity (Wildman–Crippen MR) is 124 cm³/mol. The summed E-state index contributed by atoms with van der Waals surface area (Å²) in [5, 5.41) is 4.19. The standard InChI is InChI=1S/C28H24O3/c29-23(14-6-12-21-11-5-10-20-8-1-3-15-25(20)21)18-24(30)19-28(31)27-17-7-13-22-9-2-4-16-26(22)27/h1-5,7-11,13,15-17H,6,12,14,18-19H2. The van der Waals surface area contributed by atoms with Crippen molar-refractivity contribution >= 4 is 38.9 Å². The first-order valence-electron chi connectivity index (χ1n) is 10.6. The van der Waals surface area contributed by atoms with Crippen molar-refractivity contribution in [3.05, 3.63) is 96.1 Å². The van der Waals surface area contributed by atoms with Gasteiger partial charge in [-0.05, 0) is 39.9 Å². The normalized spacial score (nSPS) is 11.0. The third-order valence-electron chi connectivity index (χ3n) is 5.62. The van der Waals surface area contributed by atoms with Gasteiger partial charge >= 0.3 is 0 Å². The fraction of sp³-hybridized carbons (Fsp3) is 0.179. The Kier molecular flexibility index (Phi) is 6.32. The summed E-state index contributed by atoms with van der Waals surface area (Å²) in [4.78, 5) is 37.3. The quantitative estimate of drug-likeness (QED) is 0.248. The van der Waals surface area contributed by atoms with Crippen molar-refractivity contribution in [2.45, 2.75) is 32.1 Å². The number of fused-ring (bicyclic) bond motifs is 2. The Morgan fingerprint density at radius 2 is 1.19 bits per heavy atom. The smallest absolute Gasteiger partial charge is 0.170 e. The average Bonchev–Trinajstić information content (AvgIpc) is 2.78. The molecule has 0 fully saturated rings. The monoisotopic (exact) mass is 408 g/mol. The van der Waals surface area contributed by atoms with Crippen LogP contribution < -0.4 is 0 Å². The van der Waals surface area contributed by atoms with Crippen LogP contribution in [0.2, 0.25) is 0 Å². The van der Waals surface area contributed by atoms with Crippen molar-refractivity contribution in [1.29, 1.82) is 0 Å². The minimum absolute atomic E-state index is 0.101. The molecule has 0 aliphatic rings. The Morgan fingerprint density at radius 3 is 1.97 bits per heavy atom. The second kappa shape index (κ2) is 9.48. The lowest BCUT2D eigenvalue weighted by molar-refractivity contribution is -0.126. The van der Waals surface area contributed by atoms with Crippen molar-refractivity contribution in [3.63, 3.8) is 0 Å². The Bertz CT molecular complexity index is 1260. The number of Topliss-reactive ketones (excluding diaryl/α,β-unsaturated/α-hetero) is 3. The molecule has 0 heterocycles. The van der Waals surface area contributed by atoms with Crippen LogP contribution in [-0.4, -0.2) is 17.3 Å². The van der Waals surface area contributed by atoms with Gasteiger partial charge in [-0.25, -0.2) is 0 Å². The Morgan fingerprint density at radius 1 is 0.581 bits per heavy atom. The van der Waals surface area contributed by atoms with Crippen molar-refractivity contribution in [1.82, 2.24) is 0 Å². The maximum absolute atomic E-state index is 12.6. The third-order valence-corrected chi connectivity index (χ3v) is 5.62. The Balaban J connectivity index is 1.30. The van der Waals surface area contributed by atoms with Crippen molar-refractivity contribution in [2.75, 3.05) is 0 Å². The zero-order valence-electron chi connectivity index (χ0n) is 17.3. The molecule has 0 unspecified atom stereocenters. The van der Waals surface area contributed by atoms with Gasteiger partial charge < -0.3 is 0 Å². The SMILES string of the molecule is O=C(CCCc1cccc2ccccc12)CC(=O)CC(=O)c1cccc2ccccc12. The van der Waals surface area contributed by atoms with Crippen LogP contribution >= 0.6 is 0 Å². The second-order valence-corrected chi connectivity index (χ2v) is 7.87. The highest BCUT2D eigenvalue weighted by molar-refractivity contribution is 6.16. The van der Waals surface area contributed by atoms with Gasteiger partial charge in [-0.1, -0.05) is 84.9 Å². The molecule has 0 saturated heterocycles. The van der Waals surface area contributed by atoms with Crippen LogP contribution in [0.5, 0.6) is 0 Å². The number of aryl methyl sites for hydroxylation is 1. The summed E-state index contributed by atoms with van der Waals surface area (Å²) in [6.07, 6.45) is 1.42. The molecule has 4 rings (SSSR count). The summed E-state index contributed by atoms with van der Waals surface area (Å²) in [5.41, 5.74) is 1.75.